The SMILES string of the molecule is Nc1cc(CC[C@H]2CN(C(=O)Cc3ccc(F)cc3)CCO2)ccn1. The smallest absolute Gasteiger partial charge is 0.227 e. The van der Waals surface area contributed by atoms with E-state index in [1.165, 1.54) is 12.1 Å². The van der Waals surface area contributed by atoms with Crippen molar-refractivity contribution in [3.8, 4) is 0 Å². The Kier molecular flexibility index (Phi) is 5.60. The minimum atomic E-state index is -0.292. The zero-order valence-electron chi connectivity index (χ0n) is 14.0. The van der Waals surface area contributed by atoms with Gasteiger partial charge in [0, 0.05) is 19.3 Å². The van der Waals surface area contributed by atoms with E-state index in [-0.39, 0.29) is 24.2 Å². The van der Waals surface area contributed by atoms with Crippen LogP contribution in [0.25, 0.3) is 0 Å². The third-order valence-electron chi connectivity index (χ3n) is 4.36. The van der Waals surface area contributed by atoms with Crippen LogP contribution in [0.1, 0.15) is 17.5 Å². The largest absolute Gasteiger partial charge is 0.384 e. The zero-order chi connectivity index (χ0) is 17.6. The summed E-state index contributed by atoms with van der Waals surface area (Å²) < 4.78 is 18.7. The summed E-state index contributed by atoms with van der Waals surface area (Å²) >= 11 is 0. The first-order valence-electron chi connectivity index (χ1n) is 8.44. The Morgan fingerprint density at radius 2 is 2.08 bits per heavy atom. The molecular formula is C19H22FN3O2. The van der Waals surface area contributed by atoms with Crippen molar-refractivity contribution in [1.29, 1.82) is 0 Å². The molecule has 0 aliphatic carbocycles. The van der Waals surface area contributed by atoms with Crippen LogP contribution in [0.5, 0.6) is 0 Å². The molecule has 0 bridgehead atoms. The molecule has 132 valence electrons. The van der Waals surface area contributed by atoms with Gasteiger partial charge in [-0.05, 0) is 48.2 Å². The number of morpholine rings is 1. The Morgan fingerprint density at radius 1 is 1.28 bits per heavy atom. The Balaban J connectivity index is 1.51. The molecule has 0 saturated carbocycles. The van der Waals surface area contributed by atoms with Crippen LogP contribution in [0.2, 0.25) is 0 Å². The van der Waals surface area contributed by atoms with Gasteiger partial charge >= 0.3 is 0 Å². The minimum Gasteiger partial charge on any atom is -0.384 e. The molecule has 0 spiro atoms. The molecule has 3 rings (SSSR count). The molecule has 2 N–H and O–H groups in total. The highest BCUT2D eigenvalue weighted by Gasteiger charge is 2.24. The molecule has 1 fully saturated rings. The number of aryl methyl sites for hydroxylation is 1. The van der Waals surface area contributed by atoms with Crippen LogP contribution in [0.4, 0.5) is 10.2 Å². The summed E-state index contributed by atoms with van der Waals surface area (Å²) in [6, 6.07) is 9.87. The van der Waals surface area contributed by atoms with Crippen molar-refractivity contribution < 1.29 is 13.9 Å². The average molecular weight is 343 g/mol. The van der Waals surface area contributed by atoms with Crippen LogP contribution in [-0.4, -0.2) is 41.6 Å². The van der Waals surface area contributed by atoms with Crippen LogP contribution >= 0.6 is 0 Å². The lowest BCUT2D eigenvalue weighted by Gasteiger charge is -2.33. The maximum absolute atomic E-state index is 13.0. The van der Waals surface area contributed by atoms with Crippen molar-refractivity contribution in [2.45, 2.75) is 25.4 Å². The van der Waals surface area contributed by atoms with Crippen molar-refractivity contribution in [3.05, 3.63) is 59.5 Å². The molecule has 1 aliphatic rings. The third-order valence-corrected chi connectivity index (χ3v) is 4.36. The normalized spacial score (nSPS) is 17.5. The number of rotatable bonds is 5. The van der Waals surface area contributed by atoms with Gasteiger partial charge in [-0.1, -0.05) is 12.1 Å². The maximum Gasteiger partial charge on any atom is 0.227 e. The molecule has 2 aromatic rings. The number of hydrogen-bond donors (Lipinski definition) is 1. The van der Waals surface area contributed by atoms with E-state index < -0.39 is 0 Å². The zero-order valence-corrected chi connectivity index (χ0v) is 14.0. The van der Waals surface area contributed by atoms with Gasteiger partial charge in [0.2, 0.25) is 5.91 Å². The number of anilines is 1. The number of nitrogens with zero attached hydrogens (tertiary/aromatic N) is 2. The molecule has 6 heteroatoms. The van der Waals surface area contributed by atoms with Gasteiger partial charge in [0.05, 0.1) is 19.1 Å². The number of halogens is 1. The summed E-state index contributed by atoms with van der Waals surface area (Å²) in [5, 5.41) is 0. The Hall–Kier alpha value is -2.47. The second-order valence-electron chi connectivity index (χ2n) is 6.26. The molecule has 1 aliphatic heterocycles. The lowest BCUT2D eigenvalue weighted by Crippen LogP contribution is -2.46. The lowest BCUT2D eigenvalue weighted by molar-refractivity contribution is -0.138. The van der Waals surface area contributed by atoms with Gasteiger partial charge in [-0.25, -0.2) is 9.37 Å². The molecular weight excluding hydrogens is 321 g/mol. The molecule has 1 aromatic carbocycles. The first kappa shape index (κ1) is 17.4. The summed E-state index contributed by atoms with van der Waals surface area (Å²) in [7, 11) is 0. The van der Waals surface area contributed by atoms with Crippen LogP contribution in [0, 0.1) is 5.82 Å². The molecule has 1 aromatic heterocycles. The van der Waals surface area contributed by atoms with E-state index in [1.807, 2.05) is 17.0 Å². The number of aromatic nitrogens is 1. The van der Waals surface area contributed by atoms with Crippen LogP contribution in [-0.2, 0) is 22.4 Å². The number of nitrogens with two attached hydrogens (primary N) is 1. The fourth-order valence-corrected chi connectivity index (χ4v) is 2.99. The molecule has 0 unspecified atom stereocenters. The van der Waals surface area contributed by atoms with Crippen molar-refractivity contribution in [3.63, 3.8) is 0 Å². The van der Waals surface area contributed by atoms with E-state index >= 15 is 0 Å². The number of carbonyl (C=O) groups excluding carboxylic acids is 1. The second-order valence-corrected chi connectivity index (χ2v) is 6.26. The Morgan fingerprint density at radius 3 is 2.84 bits per heavy atom. The maximum atomic E-state index is 13.0. The van der Waals surface area contributed by atoms with Gasteiger partial charge in [-0.15, -0.1) is 0 Å². The van der Waals surface area contributed by atoms with Crippen LogP contribution < -0.4 is 5.73 Å². The highest BCUT2D eigenvalue weighted by atomic mass is 19.1. The summed E-state index contributed by atoms with van der Waals surface area (Å²) in [6.07, 6.45) is 3.65. The number of pyridine rings is 1. The predicted molar refractivity (Wildman–Crippen MR) is 93.4 cm³/mol. The van der Waals surface area contributed by atoms with Crippen molar-refractivity contribution in [2.75, 3.05) is 25.4 Å². The van der Waals surface area contributed by atoms with Crippen molar-refractivity contribution in [2.24, 2.45) is 0 Å². The van der Waals surface area contributed by atoms with Gasteiger partial charge in [0.1, 0.15) is 11.6 Å². The summed E-state index contributed by atoms with van der Waals surface area (Å²) in [5.74, 6) is 0.269. The van der Waals surface area contributed by atoms with Crippen LogP contribution in [0.3, 0.4) is 0 Å². The number of carbonyl (C=O) groups is 1. The molecule has 0 radical (unpaired) electrons. The number of nitrogen functional groups attached to an aromatic ring is 1. The third kappa shape index (κ3) is 5.00. The fourth-order valence-electron chi connectivity index (χ4n) is 2.99. The number of hydrogen-bond acceptors (Lipinski definition) is 4. The molecule has 1 amide bonds. The van der Waals surface area contributed by atoms with E-state index in [0.29, 0.717) is 25.5 Å². The van der Waals surface area contributed by atoms with E-state index in [9.17, 15) is 9.18 Å². The minimum absolute atomic E-state index is 0.0142. The monoisotopic (exact) mass is 343 g/mol. The second kappa shape index (κ2) is 8.07. The number of amides is 1. The summed E-state index contributed by atoms with van der Waals surface area (Å²) in [4.78, 5) is 18.3. The van der Waals surface area contributed by atoms with E-state index in [4.69, 9.17) is 10.5 Å². The van der Waals surface area contributed by atoms with E-state index in [0.717, 1.165) is 24.0 Å². The summed E-state index contributed by atoms with van der Waals surface area (Å²) in [6.45, 7) is 1.72. The van der Waals surface area contributed by atoms with Gasteiger partial charge in [-0.2, -0.15) is 0 Å². The average Bonchev–Trinajstić information content (AvgIpc) is 2.62. The highest BCUT2D eigenvalue weighted by Crippen LogP contribution is 2.15. The first-order valence-corrected chi connectivity index (χ1v) is 8.44. The predicted octanol–water partition coefficient (Wildman–Crippen LogP) is 2.21. The Labute approximate surface area is 146 Å². The first-order chi connectivity index (χ1) is 12.1. The van der Waals surface area contributed by atoms with Gasteiger partial charge < -0.3 is 15.4 Å². The lowest BCUT2D eigenvalue weighted by atomic mass is 10.1. The van der Waals surface area contributed by atoms with Crippen LogP contribution in [0.15, 0.2) is 42.6 Å². The van der Waals surface area contributed by atoms with E-state index in [2.05, 4.69) is 4.98 Å². The van der Waals surface area contributed by atoms with Gasteiger partial charge in [0.25, 0.3) is 0 Å². The van der Waals surface area contributed by atoms with Crippen molar-refractivity contribution >= 4 is 11.7 Å². The number of benzene rings is 1. The molecule has 1 atom stereocenters. The molecule has 2 heterocycles. The topological polar surface area (TPSA) is 68.5 Å². The van der Waals surface area contributed by atoms with Crippen molar-refractivity contribution in [1.82, 2.24) is 9.88 Å². The highest BCUT2D eigenvalue weighted by molar-refractivity contribution is 5.78. The molecule has 25 heavy (non-hydrogen) atoms. The quantitative estimate of drug-likeness (QED) is 0.904. The summed E-state index contributed by atoms with van der Waals surface area (Å²) in [5.41, 5.74) is 7.63. The van der Waals surface area contributed by atoms with Gasteiger partial charge in [-0.3, -0.25) is 4.79 Å². The molecule has 1 saturated heterocycles. The number of ether oxygens (including phenoxy) is 1. The standard InChI is InChI=1S/C19H22FN3O2/c20-16-4-1-14(2-5-16)12-19(24)23-9-10-25-17(13-23)6-3-15-7-8-22-18(21)11-15/h1-2,4-5,7-8,11,17H,3,6,9-10,12-13H2,(H2,21,22)/t17-/m0/s1. The Bertz CT molecular complexity index is 721. The van der Waals surface area contributed by atoms with Gasteiger partial charge in [0.15, 0.2) is 0 Å². The fraction of sp³-hybridized carbons (Fsp3) is 0.368. The molecule has 5 nitrogen and oxygen atoms in total. The van der Waals surface area contributed by atoms with E-state index in [1.54, 1.807) is 18.3 Å².